The van der Waals surface area contributed by atoms with E-state index in [0.717, 1.165) is 36.3 Å². The Labute approximate surface area is 125 Å². The molecule has 0 amide bonds. The van der Waals surface area contributed by atoms with Crippen molar-refractivity contribution in [2.45, 2.75) is 52.1 Å². The van der Waals surface area contributed by atoms with Gasteiger partial charge in [0.1, 0.15) is 0 Å². The van der Waals surface area contributed by atoms with Gasteiger partial charge in [-0.15, -0.1) is 0 Å². The number of fused-ring (bicyclic) bond motifs is 2. The number of halogens is 1. The standard InChI is InChI=1S/C17H21ClN2/c1-3-11(2)19-10-14-12-6-5-9-16(12)20-17-13(14)7-4-8-15(17)18/h4,7-8,11,19H,3,5-6,9-10H2,1-2H3. The molecular weight excluding hydrogens is 268 g/mol. The Balaban J connectivity index is 2.10. The average molecular weight is 289 g/mol. The van der Waals surface area contributed by atoms with Gasteiger partial charge in [0, 0.05) is 23.7 Å². The number of hydrogen-bond acceptors (Lipinski definition) is 2. The van der Waals surface area contributed by atoms with Crippen molar-refractivity contribution in [2.75, 3.05) is 0 Å². The normalized spacial score (nSPS) is 15.6. The second-order valence-electron chi connectivity index (χ2n) is 5.70. The molecule has 106 valence electrons. The number of nitrogens with one attached hydrogen (secondary N) is 1. The second kappa shape index (κ2) is 5.71. The van der Waals surface area contributed by atoms with Crippen LogP contribution in [0.25, 0.3) is 10.9 Å². The Morgan fingerprint density at radius 3 is 3.00 bits per heavy atom. The minimum atomic E-state index is 0.537. The molecule has 0 spiro atoms. The molecule has 1 N–H and O–H groups in total. The lowest BCUT2D eigenvalue weighted by Gasteiger charge is -2.16. The summed E-state index contributed by atoms with van der Waals surface area (Å²) in [6.07, 6.45) is 4.60. The van der Waals surface area contributed by atoms with Crippen LogP contribution in [0.3, 0.4) is 0 Å². The van der Waals surface area contributed by atoms with E-state index < -0.39 is 0 Å². The van der Waals surface area contributed by atoms with Crippen molar-refractivity contribution in [1.29, 1.82) is 0 Å². The molecule has 3 heteroatoms. The molecule has 0 aliphatic heterocycles. The van der Waals surface area contributed by atoms with Crippen molar-refractivity contribution in [2.24, 2.45) is 0 Å². The molecule has 1 aliphatic carbocycles. The van der Waals surface area contributed by atoms with Crippen LogP contribution in [0, 0.1) is 0 Å². The summed E-state index contributed by atoms with van der Waals surface area (Å²) in [6, 6.07) is 6.65. The zero-order valence-electron chi connectivity index (χ0n) is 12.2. The van der Waals surface area contributed by atoms with Crippen LogP contribution in [0.4, 0.5) is 0 Å². The monoisotopic (exact) mass is 288 g/mol. The van der Waals surface area contributed by atoms with Crippen molar-refractivity contribution in [3.8, 4) is 0 Å². The van der Waals surface area contributed by atoms with Gasteiger partial charge in [-0.3, -0.25) is 4.98 Å². The molecule has 0 fully saturated rings. The fraction of sp³-hybridized carbons (Fsp3) is 0.471. The average Bonchev–Trinajstić information content (AvgIpc) is 2.92. The maximum absolute atomic E-state index is 6.34. The minimum Gasteiger partial charge on any atom is -0.310 e. The van der Waals surface area contributed by atoms with Gasteiger partial charge in [-0.2, -0.15) is 0 Å². The first-order chi connectivity index (χ1) is 9.70. The van der Waals surface area contributed by atoms with E-state index in [2.05, 4.69) is 25.2 Å². The zero-order valence-corrected chi connectivity index (χ0v) is 12.9. The summed E-state index contributed by atoms with van der Waals surface area (Å²) >= 11 is 6.34. The van der Waals surface area contributed by atoms with E-state index in [-0.39, 0.29) is 0 Å². The SMILES string of the molecule is CCC(C)NCc1c2c(nc3c(Cl)cccc13)CCC2. The summed E-state index contributed by atoms with van der Waals surface area (Å²) < 4.78 is 0. The molecule has 1 aromatic carbocycles. The highest BCUT2D eigenvalue weighted by Crippen LogP contribution is 2.32. The number of benzene rings is 1. The third kappa shape index (κ3) is 2.43. The van der Waals surface area contributed by atoms with Gasteiger partial charge in [0.25, 0.3) is 0 Å². The fourth-order valence-corrected chi connectivity index (χ4v) is 3.19. The summed E-state index contributed by atoms with van der Waals surface area (Å²) in [5, 5.41) is 5.60. The largest absolute Gasteiger partial charge is 0.310 e. The van der Waals surface area contributed by atoms with E-state index in [1.165, 1.54) is 28.6 Å². The van der Waals surface area contributed by atoms with Gasteiger partial charge < -0.3 is 5.32 Å². The lowest BCUT2D eigenvalue weighted by atomic mass is 10.0. The van der Waals surface area contributed by atoms with E-state index in [4.69, 9.17) is 16.6 Å². The molecule has 1 aliphatic rings. The maximum Gasteiger partial charge on any atom is 0.0894 e. The van der Waals surface area contributed by atoms with E-state index >= 15 is 0 Å². The quantitative estimate of drug-likeness (QED) is 0.909. The summed E-state index contributed by atoms with van der Waals surface area (Å²) in [4.78, 5) is 4.80. The van der Waals surface area contributed by atoms with Gasteiger partial charge in [0.05, 0.1) is 10.5 Å². The van der Waals surface area contributed by atoms with Crippen molar-refractivity contribution < 1.29 is 0 Å². The van der Waals surface area contributed by atoms with Gasteiger partial charge in [-0.25, -0.2) is 0 Å². The van der Waals surface area contributed by atoms with Gasteiger partial charge >= 0.3 is 0 Å². The Kier molecular flexibility index (Phi) is 3.95. The zero-order chi connectivity index (χ0) is 14.1. The highest BCUT2D eigenvalue weighted by molar-refractivity contribution is 6.35. The lowest BCUT2D eigenvalue weighted by Crippen LogP contribution is -2.25. The molecule has 3 rings (SSSR count). The third-order valence-electron chi connectivity index (χ3n) is 4.35. The number of hydrogen-bond donors (Lipinski definition) is 1. The highest BCUT2D eigenvalue weighted by Gasteiger charge is 2.20. The summed E-state index contributed by atoms with van der Waals surface area (Å²) in [7, 11) is 0. The van der Waals surface area contributed by atoms with Crippen LogP contribution in [0.5, 0.6) is 0 Å². The molecule has 1 heterocycles. The smallest absolute Gasteiger partial charge is 0.0894 e. The van der Waals surface area contributed by atoms with Gasteiger partial charge in [-0.05, 0) is 49.8 Å². The highest BCUT2D eigenvalue weighted by atomic mass is 35.5. The molecule has 0 saturated heterocycles. The Hall–Kier alpha value is -1.12. The summed E-state index contributed by atoms with van der Waals surface area (Å²) in [5.41, 5.74) is 5.09. The van der Waals surface area contributed by atoms with Crippen LogP contribution in [-0.2, 0) is 19.4 Å². The van der Waals surface area contributed by atoms with Crippen LogP contribution in [0.2, 0.25) is 5.02 Å². The predicted octanol–water partition coefficient (Wildman–Crippen LogP) is 4.27. The van der Waals surface area contributed by atoms with Crippen LogP contribution >= 0.6 is 11.6 Å². The van der Waals surface area contributed by atoms with Gasteiger partial charge in [0.2, 0.25) is 0 Å². The molecule has 0 saturated carbocycles. The Bertz CT molecular complexity index is 636. The topological polar surface area (TPSA) is 24.9 Å². The molecule has 2 aromatic rings. The fourth-order valence-electron chi connectivity index (χ4n) is 2.97. The van der Waals surface area contributed by atoms with Gasteiger partial charge in [-0.1, -0.05) is 30.7 Å². The van der Waals surface area contributed by atoms with Crippen molar-refractivity contribution in [3.63, 3.8) is 0 Å². The molecule has 0 bridgehead atoms. The predicted molar refractivity (Wildman–Crippen MR) is 85.4 cm³/mol. The van der Waals surface area contributed by atoms with Crippen molar-refractivity contribution in [1.82, 2.24) is 10.3 Å². The van der Waals surface area contributed by atoms with Crippen LogP contribution in [-0.4, -0.2) is 11.0 Å². The van der Waals surface area contributed by atoms with Crippen molar-refractivity contribution in [3.05, 3.63) is 40.0 Å². The van der Waals surface area contributed by atoms with E-state index in [9.17, 15) is 0 Å². The number of aromatic nitrogens is 1. The van der Waals surface area contributed by atoms with Crippen LogP contribution in [0.15, 0.2) is 18.2 Å². The first-order valence-electron chi connectivity index (χ1n) is 7.53. The second-order valence-corrected chi connectivity index (χ2v) is 6.10. The summed E-state index contributed by atoms with van der Waals surface area (Å²) in [6.45, 7) is 5.36. The third-order valence-corrected chi connectivity index (χ3v) is 4.66. The number of rotatable bonds is 4. The molecular formula is C17H21ClN2. The lowest BCUT2D eigenvalue weighted by molar-refractivity contribution is 0.534. The number of pyridine rings is 1. The van der Waals surface area contributed by atoms with Gasteiger partial charge in [0.15, 0.2) is 0 Å². The minimum absolute atomic E-state index is 0.537. The Morgan fingerprint density at radius 2 is 2.20 bits per heavy atom. The molecule has 1 unspecified atom stereocenters. The number of para-hydroxylation sites is 1. The summed E-state index contributed by atoms with van der Waals surface area (Å²) in [5.74, 6) is 0. The van der Waals surface area contributed by atoms with E-state index in [1.54, 1.807) is 0 Å². The van der Waals surface area contributed by atoms with Crippen LogP contribution < -0.4 is 5.32 Å². The maximum atomic E-state index is 6.34. The van der Waals surface area contributed by atoms with Crippen LogP contribution in [0.1, 0.15) is 43.5 Å². The van der Waals surface area contributed by atoms with E-state index in [1.807, 2.05) is 12.1 Å². The van der Waals surface area contributed by atoms with E-state index in [0.29, 0.717) is 6.04 Å². The first-order valence-corrected chi connectivity index (χ1v) is 7.90. The molecule has 0 radical (unpaired) electrons. The molecule has 1 atom stereocenters. The number of aryl methyl sites for hydroxylation is 1. The number of nitrogens with zero attached hydrogens (tertiary/aromatic N) is 1. The first kappa shape index (κ1) is 13.8. The van der Waals surface area contributed by atoms with Crippen molar-refractivity contribution >= 4 is 22.5 Å². The molecule has 20 heavy (non-hydrogen) atoms. The Morgan fingerprint density at radius 1 is 1.35 bits per heavy atom. The molecule has 2 nitrogen and oxygen atoms in total. The molecule has 1 aromatic heterocycles.